The first-order valence-corrected chi connectivity index (χ1v) is 6.28. The van der Waals surface area contributed by atoms with Crippen molar-refractivity contribution in [1.82, 2.24) is 0 Å². The van der Waals surface area contributed by atoms with Gasteiger partial charge in [-0.25, -0.2) is 0 Å². The summed E-state index contributed by atoms with van der Waals surface area (Å²) in [6.07, 6.45) is 1.10. The zero-order valence-corrected chi connectivity index (χ0v) is 11.5. The Hall–Kier alpha value is -0.930. The second-order valence-corrected chi connectivity index (χ2v) is 4.69. The number of carbonyl (C=O) groups is 1. The fraction of sp³-hybridized carbons (Fsp3) is 0.417. The highest BCUT2D eigenvalue weighted by atomic mass is 35.5. The highest BCUT2D eigenvalue weighted by Gasteiger charge is 2.06. The van der Waals surface area contributed by atoms with Crippen LogP contribution in [-0.4, -0.2) is 25.9 Å². The van der Waals surface area contributed by atoms with Crippen molar-refractivity contribution in [2.45, 2.75) is 12.8 Å². The molecule has 5 heteroatoms. The van der Waals surface area contributed by atoms with Gasteiger partial charge in [0.2, 0.25) is 5.91 Å². The summed E-state index contributed by atoms with van der Waals surface area (Å²) >= 11 is 11.6. The van der Waals surface area contributed by atoms with Gasteiger partial charge in [0.1, 0.15) is 0 Å². The Morgan fingerprint density at radius 2 is 2.12 bits per heavy atom. The van der Waals surface area contributed by atoms with Gasteiger partial charge in [0.05, 0.1) is 10.7 Å². The molecule has 0 aliphatic heterocycles. The fourth-order valence-electron chi connectivity index (χ4n) is 1.40. The molecule has 0 unspecified atom stereocenters. The van der Waals surface area contributed by atoms with Crippen molar-refractivity contribution in [3.05, 3.63) is 23.2 Å². The summed E-state index contributed by atoms with van der Waals surface area (Å²) < 4.78 is 0. The van der Waals surface area contributed by atoms with E-state index >= 15 is 0 Å². The molecule has 1 aromatic carbocycles. The van der Waals surface area contributed by atoms with E-state index in [-0.39, 0.29) is 5.91 Å². The first kappa shape index (κ1) is 14.1. The Labute approximate surface area is 112 Å². The maximum absolute atomic E-state index is 11.5. The SMILES string of the molecule is CN(C)c1ccc(NC(=O)CCCCl)cc1Cl. The quantitative estimate of drug-likeness (QED) is 0.836. The van der Waals surface area contributed by atoms with Crippen LogP contribution >= 0.6 is 23.2 Å². The summed E-state index contributed by atoms with van der Waals surface area (Å²) in [4.78, 5) is 13.4. The Bertz CT molecular complexity index is 394. The van der Waals surface area contributed by atoms with Gasteiger partial charge < -0.3 is 10.2 Å². The van der Waals surface area contributed by atoms with Gasteiger partial charge >= 0.3 is 0 Å². The van der Waals surface area contributed by atoms with Crippen molar-refractivity contribution in [2.24, 2.45) is 0 Å². The van der Waals surface area contributed by atoms with Crippen molar-refractivity contribution >= 4 is 40.5 Å². The number of benzene rings is 1. The molecule has 0 saturated carbocycles. The van der Waals surface area contributed by atoms with E-state index in [1.54, 1.807) is 6.07 Å². The van der Waals surface area contributed by atoms with Crippen molar-refractivity contribution in [3.63, 3.8) is 0 Å². The lowest BCUT2D eigenvalue weighted by molar-refractivity contribution is -0.116. The van der Waals surface area contributed by atoms with Gasteiger partial charge in [-0.15, -0.1) is 11.6 Å². The van der Waals surface area contributed by atoms with E-state index in [4.69, 9.17) is 23.2 Å². The maximum atomic E-state index is 11.5. The van der Waals surface area contributed by atoms with Crippen LogP contribution in [-0.2, 0) is 4.79 Å². The van der Waals surface area contributed by atoms with Crippen LogP contribution in [0.2, 0.25) is 5.02 Å². The average molecular weight is 275 g/mol. The highest BCUT2D eigenvalue weighted by Crippen LogP contribution is 2.27. The normalized spacial score (nSPS) is 10.1. The Balaban J connectivity index is 2.67. The summed E-state index contributed by atoms with van der Waals surface area (Å²) in [5.41, 5.74) is 1.63. The van der Waals surface area contributed by atoms with Gasteiger partial charge in [-0.3, -0.25) is 4.79 Å². The second kappa shape index (κ2) is 6.72. The van der Waals surface area contributed by atoms with Crippen LogP contribution in [0, 0.1) is 0 Å². The predicted octanol–water partition coefficient (Wildman–Crippen LogP) is 3.36. The summed E-state index contributed by atoms with van der Waals surface area (Å²) in [7, 11) is 3.83. The second-order valence-electron chi connectivity index (χ2n) is 3.90. The lowest BCUT2D eigenvalue weighted by atomic mass is 10.2. The van der Waals surface area contributed by atoms with Crippen LogP contribution in [0.15, 0.2) is 18.2 Å². The third kappa shape index (κ3) is 4.44. The van der Waals surface area contributed by atoms with Gasteiger partial charge in [0, 0.05) is 32.1 Å². The highest BCUT2D eigenvalue weighted by molar-refractivity contribution is 6.33. The van der Waals surface area contributed by atoms with Crippen LogP contribution in [0.5, 0.6) is 0 Å². The summed E-state index contributed by atoms with van der Waals surface area (Å²) in [5.74, 6) is 0.451. The van der Waals surface area contributed by atoms with Crippen molar-refractivity contribution in [2.75, 3.05) is 30.2 Å². The van der Waals surface area contributed by atoms with Crippen LogP contribution < -0.4 is 10.2 Å². The molecule has 0 fully saturated rings. The molecule has 0 atom stereocenters. The number of nitrogens with zero attached hydrogens (tertiary/aromatic N) is 1. The Morgan fingerprint density at radius 1 is 1.41 bits per heavy atom. The standard InChI is InChI=1S/C12H16Cl2N2O/c1-16(2)11-6-5-9(8-10(11)14)15-12(17)4-3-7-13/h5-6,8H,3-4,7H2,1-2H3,(H,15,17). The molecule has 94 valence electrons. The van der Waals surface area contributed by atoms with Crippen LogP contribution in [0.4, 0.5) is 11.4 Å². The molecule has 0 radical (unpaired) electrons. The maximum Gasteiger partial charge on any atom is 0.224 e. The number of halogens is 2. The predicted molar refractivity (Wildman–Crippen MR) is 74.4 cm³/mol. The van der Waals surface area contributed by atoms with Crippen LogP contribution in [0.3, 0.4) is 0 Å². The van der Waals surface area contributed by atoms with Gasteiger partial charge in [0.25, 0.3) is 0 Å². The van der Waals surface area contributed by atoms with Crippen LogP contribution in [0.1, 0.15) is 12.8 Å². The molecule has 0 spiro atoms. The molecular weight excluding hydrogens is 259 g/mol. The summed E-state index contributed by atoms with van der Waals surface area (Å²) in [6, 6.07) is 5.45. The topological polar surface area (TPSA) is 32.3 Å². The molecule has 0 aliphatic rings. The number of alkyl halides is 1. The number of hydrogen-bond acceptors (Lipinski definition) is 2. The van der Waals surface area contributed by atoms with Crippen LogP contribution in [0.25, 0.3) is 0 Å². The molecule has 1 aromatic rings. The molecule has 0 aromatic heterocycles. The third-order valence-electron chi connectivity index (χ3n) is 2.25. The van der Waals surface area contributed by atoms with E-state index in [1.165, 1.54) is 0 Å². The lowest BCUT2D eigenvalue weighted by Gasteiger charge is -2.15. The van der Waals surface area contributed by atoms with Gasteiger partial charge in [-0.1, -0.05) is 11.6 Å². The average Bonchev–Trinajstić information content (AvgIpc) is 2.26. The minimum Gasteiger partial charge on any atom is -0.376 e. The minimum absolute atomic E-state index is 0.0423. The smallest absolute Gasteiger partial charge is 0.224 e. The Kier molecular flexibility index (Phi) is 5.59. The molecule has 17 heavy (non-hydrogen) atoms. The van der Waals surface area contributed by atoms with E-state index < -0.39 is 0 Å². The third-order valence-corrected chi connectivity index (χ3v) is 2.82. The number of hydrogen-bond donors (Lipinski definition) is 1. The molecular formula is C12H16Cl2N2O. The molecule has 0 aliphatic carbocycles. The first-order valence-electron chi connectivity index (χ1n) is 5.37. The first-order chi connectivity index (χ1) is 8.04. The minimum atomic E-state index is -0.0423. The monoisotopic (exact) mass is 274 g/mol. The van der Waals surface area contributed by atoms with E-state index in [0.29, 0.717) is 29.4 Å². The van der Waals surface area contributed by atoms with Crippen molar-refractivity contribution < 1.29 is 4.79 Å². The number of rotatable bonds is 5. The van der Waals surface area contributed by atoms with E-state index in [1.807, 2.05) is 31.1 Å². The van der Waals surface area contributed by atoms with E-state index in [0.717, 1.165) is 5.69 Å². The molecule has 0 saturated heterocycles. The molecule has 3 nitrogen and oxygen atoms in total. The fourth-order valence-corrected chi connectivity index (χ4v) is 1.88. The zero-order valence-electron chi connectivity index (χ0n) is 9.96. The molecule has 1 N–H and O–H groups in total. The molecule has 0 bridgehead atoms. The van der Waals surface area contributed by atoms with Gasteiger partial charge in [-0.05, 0) is 24.6 Å². The molecule has 1 amide bonds. The molecule has 1 rings (SSSR count). The largest absolute Gasteiger partial charge is 0.376 e. The Morgan fingerprint density at radius 3 is 2.65 bits per heavy atom. The zero-order chi connectivity index (χ0) is 12.8. The summed E-state index contributed by atoms with van der Waals surface area (Å²) in [5, 5.41) is 3.40. The van der Waals surface area contributed by atoms with E-state index in [2.05, 4.69) is 5.32 Å². The van der Waals surface area contributed by atoms with Gasteiger partial charge in [0.15, 0.2) is 0 Å². The number of nitrogens with one attached hydrogen (secondary N) is 1. The number of amides is 1. The number of anilines is 2. The van der Waals surface area contributed by atoms with Gasteiger partial charge in [-0.2, -0.15) is 0 Å². The molecule has 0 heterocycles. The van der Waals surface area contributed by atoms with Crippen molar-refractivity contribution in [1.29, 1.82) is 0 Å². The summed E-state index contributed by atoms with van der Waals surface area (Å²) in [6.45, 7) is 0. The van der Waals surface area contributed by atoms with Crippen molar-refractivity contribution in [3.8, 4) is 0 Å². The lowest BCUT2D eigenvalue weighted by Crippen LogP contribution is -2.12. The number of carbonyl (C=O) groups excluding carboxylic acids is 1. The van der Waals surface area contributed by atoms with E-state index in [9.17, 15) is 4.79 Å².